The fraction of sp³-hybridized carbons (Fsp3) is 0.0741. The number of carbonyl (C=O) groups is 3. The molecule has 3 aromatic rings. The van der Waals surface area contributed by atoms with Crippen LogP contribution in [0.1, 0.15) is 16.7 Å². The summed E-state index contributed by atoms with van der Waals surface area (Å²) in [6, 6.07) is 23.5. The van der Waals surface area contributed by atoms with Crippen LogP contribution in [0.4, 0.5) is 4.39 Å². The van der Waals surface area contributed by atoms with Gasteiger partial charge < -0.3 is 4.74 Å². The minimum atomic E-state index is -1.93. The SMILES string of the molecule is O=C1C=C(c2ccc(F)cc2)C2(O1)C(=O)N(Cc1ccccc1)C(=O)/C2=C/c1ccccc1. The van der Waals surface area contributed by atoms with Crippen molar-refractivity contribution in [3.05, 3.63) is 119 Å². The Labute approximate surface area is 189 Å². The third kappa shape index (κ3) is 3.46. The Morgan fingerprint density at radius 1 is 0.848 bits per heavy atom. The van der Waals surface area contributed by atoms with E-state index >= 15 is 0 Å². The molecular formula is C27H18FNO4. The quantitative estimate of drug-likeness (QED) is 0.348. The first-order valence-electron chi connectivity index (χ1n) is 10.4. The highest BCUT2D eigenvalue weighted by molar-refractivity contribution is 6.29. The number of likely N-dealkylation sites (tertiary alicyclic amines) is 1. The van der Waals surface area contributed by atoms with E-state index in [0.29, 0.717) is 11.1 Å². The van der Waals surface area contributed by atoms with Gasteiger partial charge in [0.15, 0.2) is 0 Å². The van der Waals surface area contributed by atoms with E-state index in [-0.39, 0.29) is 17.7 Å². The third-order valence-electron chi connectivity index (χ3n) is 5.75. The fourth-order valence-corrected chi connectivity index (χ4v) is 4.21. The zero-order valence-electron chi connectivity index (χ0n) is 17.4. The van der Waals surface area contributed by atoms with Crippen LogP contribution in [0, 0.1) is 5.82 Å². The Hall–Kier alpha value is -4.32. The summed E-state index contributed by atoms with van der Waals surface area (Å²) in [6.07, 6.45) is 2.77. The molecule has 2 aliphatic rings. The maximum atomic E-state index is 13.8. The predicted octanol–water partition coefficient (Wildman–Crippen LogP) is 4.16. The summed E-state index contributed by atoms with van der Waals surface area (Å²) in [5, 5.41) is 0. The molecule has 0 aromatic heterocycles. The lowest BCUT2D eigenvalue weighted by Crippen LogP contribution is -2.42. The van der Waals surface area contributed by atoms with Crippen LogP contribution in [0.3, 0.4) is 0 Å². The first-order chi connectivity index (χ1) is 16.0. The van der Waals surface area contributed by atoms with Gasteiger partial charge in [-0.3, -0.25) is 14.5 Å². The molecule has 0 radical (unpaired) electrons. The zero-order valence-corrected chi connectivity index (χ0v) is 17.4. The van der Waals surface area contributed by atoms with Gasteiger partial charge in [-0.25, -0.2) is 9.18 Å². The lowest BCUT2D eigenvalue weighted by molar-refractivity contribution is -0.155. The molecule has 1 fully saturated rings. The molecule has 1 spiro atoms. The van der Waals surface area contributed by atoms with Gasteiger partial charge in [-0.1, -0.05) is 72.8 Å². The van der Waals surface area contributed by atoms with Crippen molar-refractivity contribution < 1.29 is 23.5 Å². The lowest BCUT2D eigenvalue weighted by Gasteiger charge is -2.25. The summed E-state index contributed by atoms with van der Waals surface area (Å²) < 4.78 is 19.2. The standard InChI is InChI=1S/C27H18FNO4/c28-21-13-11-20(12-14-21)22-16-24(30)33-27(22)23(15-18-7-3-1-4-8-18)25(31)29(26(27)32)17-19-9-5-2-6-10-19/h1-16H,17H2/b23-15-. The number of imide groups is 1. The first kappa shape index (κ1) is 20.6. The molecule has 0 aliphatic carbocycles. The molecule has 3 aromatic carbocycles. The first-order valence-corrected chi connectivity index (χ1v) is 10.4. The lowest BCUT2D eigenvalue weighted by atomic mass is 9.83. The van der Waals surface area contributed by atoms with E-state index in [2.05, 4.69) is 0 Å². The van der Waals surface area contributed by atoms with Gasteiger partial charge in [0.2, 0.25) is 5.60 Å². The minimum absolute atomic E-state index is 0.0284. The molecule has 5 rings (SSSR count). The van der Waals surface area contributed by atoms with Crippen LogP contribution in [-0.4, -0.2) is 28.3 Å². The summed E-state index contributed by atoms with van der Waals surface area (Å²) in [7, 11) is 0. The van der Waals surface area contributed by atoms with Gasteiger partial charge in [-0.05, 0) is 34.9 Å². The van der Waals surface area contributed by atoms with E-state index in [4.69, 9.17) is 4.74 Å². The van der Waals surface area contributed by atoms with Gasteiger partial charge >= 0.3 is 5.97 Å². The average molecular weight is 439 g/mol. The molecule has 6 heteroatoms. The summed E-state index contributed by atoms with van der Waals surface area (Å²) in [4.78, 5) is 41.0. The maximum Gasteiger partial charge on any atom is 0.332 e. The van der Waals surface area contributed by atoms with Crippen molar-refractivity contribution in [3.63, 3.8) is 0 Å². The van der Waals surface area contributed by atoms with E-state index in [1.807, 2.05) is 36.4 Å². The highest BCUT2D eigenvalue weighted by Gasteiger charge is 2.63. The number of hydrogen-bond acceptors (Lipinski definition) is 4. The van der Waals surface area contributed by atoms with Crippen molar-refractivity contribution in [1.82, 2.24) is 4.90 Å². The predicted molar refractivity (Wildman–Crippen MR) is 120 cm³/mol. The van der Waals surface area contributed by atoms with E-state index in [1.54, 1.807) is 30.3 Å². The third-order valence-corrected chi connectivity index (χ3v) is 5.75. The van der Waals surface area contributed by atoms with E-state index < -0.39 is 29.2 Å². The zero-order chi connectivity index (χ0) is 23.0. The summed E-state index contributed by atoms with van der Waals surface area (Å²) in [5.41, 5.74) is 0.169. The molecule has 2 heterocycles. The highest BCUT2D eigenvalue weighted by Crippen LogP contribution is 2.48. The highest BCUT2D eigenvalue weighted by atomic mass is 19.1. The summed E-state index contributed by atoms with van der Waals surface area (Å²) in [6.45, 7) is 0.0284. The Morgan fingerprint density at radius 2 is 1.48 bits per heavy atom. The minimum Gasteiger partial charge on any atom is -0.435 e. The second-order valence-corrected chi connectivity index (χ2v) is 7.82. The van der Waals surface area contributed by atoms with Crippen LogP contribution in [-0.2, 0) is 25.7 Å². The van der Waals surface area contributed by atoms with E-state index in [0.717, 1.165) is 10.5 Å². The molecule has 0 N–H and O–H groups in total. The van der Waals surface area contributed by atoms with Crippen molar-refractivity contribution in [2.45, 2.75) is 12.1 Å². The topological polar surface area (TPSA) is 63.7 Å². The van der Waals surface area contributed by atoms with Crippen LogP contribution in [0.5, 0.6) is 0 Å². The molecule has 162 valence electrons. The Morgan fingerprint density at radius 3 is 2.15 bits per heavy atom. The molecule has 1 saturated heterocycles. The molecule has 2 amide bonds. The van der Waals surface area contributed by atoms with Crippen LogP contribution in [0.25, 0.3) is 11.6 Å². The number of amides is 2. The van der Waals surface area contributed by atoms with Crippen LogP contribution in [0.15, 0.2) is 96.6 Å². The number of rotatable bonds is 4. The Balaban J connectivity index is 1.68. The Bertz CT molecular complexity index is 1310. The second-order valence-electron chi connectivity index (χ2n) is 7.82. The number of nitrogens with zero attached hydrogens (tertiary/aromatic N) is 1. The van der Waals surface area contributed by atoms with Gasteiger partial charge in [-0.15, -0.1) is 0 Å². The number of benzene rings is 3. The van der Waals surface area contributed by atoms with Gasteiger partial charge in [0.25, 0.3) is 11.8 Å². The van der Waals surface area contributed by atoms with Crippen molar-refractivity contribution in [2.75, 3.05) is 0 Å². The van der Waals surface area contributed by atoms with E-state index in [1.165, 1.54) is 30.3 Å². The maximum absolute atomic E-state index is 13.8. The molecule has 1 atom stereocenters. The van der Waals surface area contributed by atoms with Crippen LogP contribution in [0.2, 0.25) is 0 Å². The summed E-state index contributed by atoms with van der Waals surface area (Å²) >= 11 is 0. The number of carbonyl (C=O) groups excluding carboxylic acids is 3. The monoisotopic (exact) mass is 439 g/mol. The summed E-state index contributed by atoms with van der Waals surface area (Å²) in [5.74, 6) is -2.40. The molecule has 1 unspecified atom stereocenters. The van der Waals surface area contributed by atoms with Gasteiger partial charge in [0, 0.05) is 11.6 Å². The molecule has 2 aliphatic heterocycles. The molecule has 0 saturated carbocycles. The average Bonchev–Trinajstić information content (AvgIpc) is 3.27. The Kier molecular flexibility index (Phi) is 4.98. The normalized spacial score (nSPS) is 21.1. The number of ether oxygens (including phenoxy) is 1. The van der Waals surface area contributed by atoms with E-state index in [9.17, 15) is 18.8 Å². The van der Waals surface area contributed by atoms with Gasteiger partial charge in [-0.2, -0.15) is 0 Å². The largest absolute Gasteiger partial charge is 0.435 e. The van der Waals surface area contributed by atoms with Crippen LogP contribution >= 0.6 is 0 Å². The van der Waals surface area contributed by atoms with Crippen molar-refractivity contribution in [2.24, 2.45) is 0 Å². The van der Waals surface area contributed by atoms with Crippen molar-refractivity contribution in [1.29, 1.82) is 0 Å². The fourth-order valence-electron chi connectivity index (χ4n) is 4.21. The van der Waals surface area contributed by atoms with Crippen LogP contribution < -0.4 is 0 Å². The molecule has 5 nitrogen and oxygen atoms in total. The second kappa shape index (κ2) is 7.98. The molecular weight excluding hydrogens is 421 g/mol. The molecule has 33 heavy (non-hydrogen) atoms. The van der Waals surface area contributed by atoms with Crippen molar-refractivity contribution >= 4 is 29.4 Å². The number of hydrogen-bond donors (Lipinski definition) is 0. The number of halogens is 1. The smallest absolute Gasteiger partial charge is 0.332 e. The molecule has 0 bridgehead atoms. The number of esters is 1. The van der Waals surface area contributed by atoms with Crippen molar-refractivity contribution in [3.8, 4) is 0 Å². The van der Waals surface area contributed by atoms with Gasteiger partial charge in [0.1, 0.15) is 5.82 Å². The van der Waals surface area contributed by atoms with Gasteiger partial charge in [0.05, 0.1) is 12.1 Å².